The normalized spacial score (nSPS) is 10.2. The Morgan fingerprint density at radius 3 is 2.61 bits per heavy atom. The van der Waals surface area contributed by atoms with Crippen LogP contribution in [-0.4, -0.2) is 19.6 Å². The Hall–Kier alpha value is -2.20. The molecule has 5 heteroatoms. The van der Waals surface area contributed by atoms with Crippen molar-refractivity contribution in [2.45, 2.75) is 20.0 Å². The van der Waals surface area contributed by atoms with Crippen molar-refractivity contribution in [3.8, 4) is 11.5 Å². The van der Waals surface area contributed by atoms with Gasteiger partial charge in [0.05, 0.1) is 12.1 Å². The Morgan fingerprint density at radius 1 is 1.22 bits per heavy atom. The van der Waals surface area contributed by atoms with E-state index in [1.807, 2.05) is 37.3 Å². The third-order valence-electron chi connectivity index (χ3n) is 3.25. The van der Waals surface area contributed by atoms with E-state index in [9.17, 15) is 4.79 Å². The largest absolute Gasteiger partial charge is 0.493 e. The van der Waals surface area contributed by atoms with Gasteiger partial charge >= 0.3 is 0 Å². The van der Waals surface area contributed by atoms with Crippen molar-refractivity contribution in [2.24, 2.45) is 0 Å². The summed E-state index contributed by atoms with van der Waals surface area (Å²) >= 11 is 6.27. The summed E-state index contributed by atoms with van der Waals surface area (Å²) in [6, 6.07) is 13.0. The molecule has 0 radical (unpaired) electrons. The first-order chi connectivity index (χ1) is 11.2. The van der Waals surface area contributed by atoms with Crippen LogP contribution in [0.5, 0.6) is 11.5 Å². The molecule has 0 aliphatic rings. The zero-order chi connectivity index (χ0) is 16.7. The van der Waals surface area contributed by atoms with E-state index in [-0.39, 0.29) is 5.91 Å². The summed E-state index contributed by atoms with van der Waals surface area (Å²) in [5.41, 5.74) is 1.47. The highest BCUT2D eigenvalue weighted by molar-refractivity contribution is 6.32. The van der Waals surface area contributed by atoms with Gasteiger partial charge in [-0.1, -0.05) is 48.9 Å². The van der Waals surface area contributed by atoms with Crippen molar-refractivity contribution >= 4 is 17.5 Å². The van der Waals surface area contributed by atoms with Gasteiger partial charge in [0.15, 0.2) is 11.5 Å². The number of benzene rings is 2. The van der Waals surface area contributed by atoms with Gasteiger partial charge < -0.3 is 14.8 Å². The number of nitrogens with one attached hydrogen (secondary N) is 1. The molecular weight excluding hydrogens is 314 g/mol. The Kier molecular flexibility index (Phi) is 6.29. The van der Waals surface area contributed by atoms with Crippen molar-refractivity contribution in [2.75, 3.05) is 13.7 Å². The predicted octanol–water partition coefficient (Wildman–Crippen LogP) is 4.07. The van der Waals surface area contributed by atoms with Crippen molar-refractivity contribution in [1.82, 2.24) is 5.32 Å². The van der Waals surface area contributed by atoms with E-state index in [4.69, 9.17) is 21.1 Å². The molecule has 0 saturated carbocycles. The van der Waals surface area contributed by atoms with Crippen molar-refractivity contribution in [1.29, 1.82) is 0 Å². The summed E-state index contributed by atoms with van der Waals surface area (Å²) in [5, 5.41) is 3.16. The lowest BCUT2D eigenvalue weighted by Crippen LogP contribution is -2.24. The summed E-state index contributed by atoms with van der Waals surface area (Å²) in [6.07, 6.45) is 0.870. The molecule has 0 atom stereocenters. The van der Waals surface area contributed by atoms with Crippen molar-refractivity contribution < 1.29 is 14.3 Å². The minimum Gasteiger partial charge on any atom is -0.493 e. The van der Waals surface area contributed by atoms with Crippen LogP contribution in [-0.2, 0) is 6.61 Å². The van der Waals surface area contributed by atoms with Crippen LogP contribution in [0.4, 0.5) is 0 Å². The first-order valence-electron chi connectivity index (χ1n) is 7.48. The quantitative estimate of drug-likeness (QED) is 0.831. The predicted molar refractivity (Wildman–Crippen MR) is 91.4 cm³/mol. The fourth-order valence-corrected chi connectivity index (χ4v) is 2.33. The summed E-state index contributed by atoms with van der Waals surface area (Å²) in [4.78, 5) is 12.0. The number of amides is 1. The molecule has 0 saturated heterocycles. The zero-order valence-corrected chi connectivity index (χ0v) is 14.0. The third kappa shape index (κ3) is 4.63. The van der Waals surface area contributed by atoms with Crippen molar-refractivity contribution in [3.05, 3.63) is 58.6 Å². The van der Waals surface area contributed by atoms with E-state index in [0.717, 1.165) is 12.0 Å². The average molecular weight is 334 g/mol. The fourth-order valence-electron chi connectivity index (χ4n) is 2.06. The molecule has 2 aromatic rings. The van der Waals surface area contributed by atoms with Gasteiger partial charge in [-0.15, -0.1) is 0 Å². The lowest BCUT2D eigenvalue weighted by Gasteiger charge is -2.14. The summed E-state index contributed by atoms with van der Waals surface area (Å²) in [6.45, 7) is 2.98. The van der Waals surface area contributed by atoms with Gasteiger partial charge in [0.25, 0.3) is 5.91 Å². The molecule has 4 nitrogen and oxygen atoms in total. The number of carbonyl (C=O) groups excluding carboxylic acids is 1. The van der Waals surface area contributed by atoms with Crippen molar-refractivity contribution in [3.63, 3.8) is 0 Å². The average Bonchev–Trinajstić information content (AvgIpc) is 2.58. The second kappa shape index (κ2) is 8.44. The summed E-state index contributed by atoms with van der Waals surface area (Å²) in [7, 11) is 1.52. The second-order valence-electron chi connectivity index (χ2n) is 5.02. The lowest BCUT2D eigenvalue weighted by molar-refractivity contribution is 0.0953. The molecule has 0 aliphatic carbocycles. The molecule has 2 rings (SSSR count). The van der Waals surface area contributed by atoms with Crippen LogP contribution in [0.1, 0.15) is 29.3 Å². The highest BCUT2D eigenvalue weighted by Crippen LogP contribution is 2.37. The molecule has 1 N–H and O–H groups in total. The highest BCUT2D eigenvalue weighted by atomic mass is 35.5. The molecule has 0 aromatic heterocycles. The molecule has 0 aliphatic heterocycles. The minimum absolute atomic E-state index is 0.179. The maximum absolute atomic E-state index is 12.0. The van der Waals surface area contributed by atoms with E-state index >= 15 is 0 Å². The second-order valence-corrected chi connectivity index (χ2v) is 5.43. The first kappa shape index (κ1) is 17.2. The van der Waals surface area contributed by atoms with Gasteiger partial charge in [-0.2, -0.15) is 0 Å². The highest BCUT2D eigenvalue weighted by Gasteiger charge is 2.15. The van der Waals surface area contributed by atoms with E-state index < -0.39 is 0 Å². The number of hydrogen-bond donors (Lipinski definition) is 1. The van der Waals surface area contributed by atoms with Crippen LogP contribution < -0.4 is 14.8 Å². The van der Waals surface area contributed by atoms with Crippen LogP contribution in [0.3, 0.4) is 0 Å². The van der Waals surface area contributed by atoms with Gasteiger partial charge in [-0.05, 0) is 24.1 Å². The van der Waals surface area contributed by atoms with Gasteiger partial charge in [0.2, 0.25) is 0 Å². The summed E-state index contributed by atoms with van der Waals surface area (Å²) < 4.78 is 11.1. The van der Waals surface area contributed by atoms with E-state index in [2.05, 4.69) is 5.32 Å². The molecule has 2 aromatic carbocycles. The molecule has 0 heterocycles. The summed E-state index contributed by atoms with van der Waals surface area (Å²) in [5.74, 6) is 0.696. The molecule has 122 valence electrons. The number of carbonyl (C=O) groups is 1. The van der Waals surface area contributed by atoms with Crippen LogP contribution in [0.2, 0.25) is 5.02 Å². The van der Waals surface area contributed by atoms with Crippen LogP contribution in [0.15, 0.2) is 42.5 Å². The fraction of sp³-hybridized carbons (Fsp3) is 0.278. The molecular formula is C18H20ClNO3. The van der Waals surface area contributed by atoms with Crippen LogP contribution >= 0.6 is 11.6 Å². The number of hydrogen-bond acceptors (Lipinski definition) is 3. The molecule has 0 fully saturated rings. The monoisotopic (exact) mass is 333 g/mol. The van der Waals surface area contributed by atoms with E-state index in [1.165, 1.54) is 7.11 Å². The lowest BCUT2D eigenvalue weighted by atomic mass is 10.2. The van der Waals surface area contributed by atoms with Gasteiger partial charge in [-0.3, -0.25) is 4.79 Å². The Balaban J connectivity index is 2.18. The Bertz CT molecular complexity index is 659. The minimum atomic E-state index is -0.179. The van der Waals surface area contributed by atoms with E-state index in [0.29, 0.717) is 35.2 Å². The topological polar surface area (TPSA) is 47.6 Å². The molecule has 0 bridgehead atoms. The SMILES string of the molecule is CCCNC(=O)c1cc(Cl)c(OCc2ccccc2)c(OC)c1. The van der Waals surface area contributed by atoms with Crippen LogP contribution in [0, 0.1) is 0 Å². The van der Waals surface area contributed by atoms with Gasteiger partial charge in [-0.25, -0.2) is 0 Å². The third-order valence-corrected chi connectivity index (χ3v) is 3.53. The zero-order valence-electron chi connectivity index (χ0n) is 13.3. The van der Waals surface area contributed by atoms with Crippen LogP contribution in [0.25, 0.3) is 0 Å². The Labute approximate surface area is 141 Å². The van der Waals surface area contributed by atoms with Gasteiger partial charge in [0.1, 0.15) is 6.61 Å². The maximum atomic E-state index is 12.0. The Morgan fingerprint density at radius 2 is 1.96 bits per heavy atom. The number of halogens is 1. The smallest absolute Gasteiger partial charge is 0.251 e. The number of rotatable bonds is 7. The standard InChI is InChI=1S/C18H20ClNO3/c1-3-9-20-18(21)14-10-15(19)17(16(11-14)22-2)23-12-13-7-5-4-6-8-13/h4-8,10-11H,3,9,12H2,1-2H3,(H,20,21). The van der Waals surface area contributed by atoms with E-state index in [1.54, 1.807) is 12.1 Å². The first-order valence-corrected chi connectivity index (χ1v) is 7.86. The van der Waals surface area contributed by atoms with Gasteiger partial charge in [0, 0.05) is 12.1 Å². The maximum Gasteiger partial charge on any atom is 0.251 e. The molecule has 1 amide bonds. The number of methoxy groups -OCH3 is 1. The molecule has 0 spiro atoms. The molecule has 0 unspecified atom stereocenters. The molecule has 23 heavy (non-hydrogen) atoms. The number of ether oxygens (including phenoxy) is 2.